The molecule has 0 fully saturated rings. The zero-order valence-electron chi connectivity index (χ0n) is 17.6. The molecule has 0 saturated heterocycles. The molecule has 32 heavy (non-hydrogen) atoms. The van der Waals surface area contributed by atoms with Crippen LogP contribution in [-0.2, 0) is 10.0 Å². The van der Waals surface area contributed by atoms with E-state index in [1.807, 2.05) is 20.8 Å². The van der Waals surface area contributed by atoms with Gasteiger partial charge in [0.2, 0.25) is 5.88 Å². The normalized spacial score (nSPS) is 11.4. The van der Waals surface area contributed by atoms with Crippen LogP contribution in [0.25, 0.3) is 5.82 Å². The van der Waals surface area contributed by atoms with Crippen molar-refractivity contribution in [2.45, 2.75) is 25.7 Å². The first-order valence-electron chi connectivity index (χ1n) is 9.66. The molecule has 2 aromatic carbocycles. The highest BCUT2D eigenvalue weighted by Crippen LogP contribution is 2.24. The number of sulfonamides is 1. The Bertz CT molecular complexity index is 1370. The second-order valence-electron chi connectivity index (χ2n) is 7.13. The largest absolute Gasteiger partial charge is 0.438 e. The van der Waals surface area contributed by atoms with E-state index < -0.39 is 15.8 Å². The van der Waals surface area contributed by atoms with Gasteiger partial charge in [-0.3, -0.25) is 4.72 Å². The summed E-state index contributed by atoms with van der Waals surface area (Å²) in [6.07, 6.45) is 0. The lowest BCUT2D eigenvalue weighted by molar-refractivity contribution is 0.454. The van der Waals surface area contributed by atoms with Crippen molar-refractivity contribution in [1.29, 1.82) is 0 Å². The van der Waals surface area contributed by atoms with Crippen molar-refractivity contribution in [2.75, 3.05) is 4.72 Å². The van der Waals surface area contributed by atoms with Crippen LogP contribution in [0.2, 0.25) is 0 Å². The molecule has 0 amide bonds. The van der Waals surface area contributed by atoms with Gasteiger partial charge in [-0.1, -0.05) is 6.07 Å². The molecule has 164 valence electrons. The van der Waals surface area contributed by atoms with E-state index in [1.54, 1.807) is 28.9 Å². The Balaban J connectivity index is 1.45. The molecule has 2 heterocycles. The molecule has 4 aromatic rings. The van der Waals surface area contributed by atoms with Gasteiger partial charge in [0.1, 0.15) is 11.6 Å². The number of hydrogen-bond acceptors (Lipinski definition) is 6. The highest BCUT2D eigenvalue weighted by molar-refractivity contribution is 7.92. The predicted octanol–water partition coefficient (Wildman–Crippen LogP) is 4.32. The van der Waals surface area contributed by atoms with Gasteiger partial charge < -0.3 is 4.74 Å². The minimum absolute atomic E-state index is 0.161. The maximum Gasteiger partial charge on any atom is 0.261 e. The maximum atomic E-state index is 13.3. The van der Waals surface area contributed by atoms with E-state index >= 15 is 0 Å². The summed E-state index contributed by atoms with van der Waals surface area (Å²) in [4.78, 5) is -0.161. The minimum Gasteiger partial charge on any atom is -0.438 e. The molecule has 0 aliphatic carbocycles. The molecule has 0 bridgehead atoms. The minimum atomic E-state index is -3.91. The molecule has 0 aliphatic heterocycles. The smallest absolute Gasteiger partial charge is 0.261 e. The molecule has 4 rings (SSSR count). The number of halogens is 1. The van der Waals surface area contributed by atoms with Crippen molar-refractivity contribution in [3.05, 3.63) is 83.4 Å². The summed E-state index contributed by atoms with van der Waals surface area (Å²) >= 11 is 0. The van der Waals surface area contributed by atoms with Gasteiger partial charge in [0.15, 0.2) is 5.82 Å². The fourth-order valence-electron chi connectivity index (χ4n) is 2.98. The Morgan fingerprint density at radius 1 is 0.969 bits per heavy atom. The molecule has 0 radical (unpaired) electrons. The van der Waals surface area contributed by atoms with Crippen molar-refractivity contribution in [1.82, 2.24) is 20.0 Å². The molecular formula is C22H20FN5O3S. The monoisotopic (exact) mass is 453 g/mol. The van der Waals surface area contributed by atoms with Gasteiger partial charge >= 0.3 is 0 Å². The second-order valence-corrected chi connectivity index (χ2v) is 8.81. The number of aromatic nitrogens is 4. The standard InChI is InChI=1S/C22H20FN5O3S/c1-14-15(2)26-28(16(14)3)21-11-12-22(25-24-21)31-19-9-7-18(8-10-19)27-32(29,30)20-6-4-5-17(23)13-20/h4-13,27H,1-3H3. The number of nitrogens with zero attached hydrogens (tertiary/aromatic N) is 4. The number of ether oxygens (including phenoxy) is 1. The zero-order chi connectivity index (χ0) is 22.9. The molecule has 0 spiro atoms. The Kier molecular flexibility index (Phi) is 5.62. The van der Waals surface area contributed by atoms with Crippen molar-refractivity contribution in [2.24, 2.45) is 0 Å². The van der Waals surface area contributed by atoms with E-state index in [0.717, 1.165) is 23.0 Å². The van der Waals surface area contributed by atoms with E-state index in [1.165, 1.54) is 30.3 Å². The SMILES string of the molecule is Cc1nn(-c2ccc(Oc3ccc(NS(=O)(=O)c4cccc(F)c4)cc3)nn2)c(C)c1C. The van der Waals surface area contributed by atoms with Gasteiger partial charge in [-0.25, -0.2) is 17.5 Å². The van der Waals surface area contributed by atoms with Crippen LogP contribution < -0.4 is 9.46 Å². The van der Waals surface area contributed by atoms with Crippen LogP contribution in [0.1, 0.15) is 17.0 Å². The summed E-state index contributed by atoms with van der Waals surface area (Å²) in [5.74, 6) is 0.674. The lowest BCUT2D eigenvalue weighted by Crippen LogP contribution is -2.13. The Morgan fingerprint density at radius 3 is 2.31 bits per heavy atom. The number of rotatable bonds is 6. The molecule has 0 saturated carbocycles. The van der Waals surface area contributed by atoms with Crippen LogP contribution in [-0.4, -0.2) is 28.4 Å². The summed E-state index contributed by atoms with van der Waals surface area (Å²) < 4.78 is 47.9. The molecule has 0 aliphatic rings. The van der Waals surface area contributed by atoms with Crippen molar-refractivity contribution >= 4 is 15.7 Å². The molecule has 8 nitrogen and oxygen atoms in total. The van der Waals surface area contributed by atoms with Gasteiger partial charge in [-0.15, -0.1) is 10.2 Å². The van der Waals surface area contributed by atoms with Crippen LogP contribution in [0.15, 0.2) is 65.6 Å². The third-order valence-electron chi connectivity index (χ3n) is 4.93. The van der Waals surface area contributed by atoms with E-state index in [0.29, 0.717) is 17.3 Å². The lowest BCUT2D eigenvalue weighted by Gasteiger charge is -2.09. The lowest BCUT2D eigenvalue weighted by atomic mass is 10.2. The van der Waals surface area contributed by atoms with Crippen molar-refractivity contribution < 1.29 is 17.5 Å². The van der Waals surface area contributed by atoms with E-state index in [2.05, 4.69) is 20.0 Å². The molecule has 0 atom stereocenters. The summed E-state index contributed by atoms with van der Waals surface area (Å²) in [5.41, 5.74) is 3.32. The molecule has 0 unspecified atom stereocenters. The third-order valence-corrected chi connectivity index (χ3v) is 6.31. The van der Waals surface area contributed by atoms with Crippen molar-refractivity contribution in [3.8, 4) is 17.4 Å². The highest BCUT2D eigenvalue weighted by Gasteiger charge is 2.15. The number of anilines is 1. The van der Waals surface area contributed by atoms with E-state index in [4.69, 9.17) is 4.74 Å². The Morgan fingerprint density at radius 2 is 1.72 bits per heavy atom. The fourth-order valence-corrected chi connectivity index (χ4v) is 4.07. The topological polar surface area (TPSA) is 99.0 Å². The molecular weight excluding hydrogens is 433 g/mol. The number of benzene rings is 2. The van der Waals surface area contributed by atoms with Crippen LogP contribution >= 0.6 is 0 Å². The average Bonchev–Trinajstić information content (AvgIpc) is 3.03. The quantitative estimate of drug-likeness (QED) is 0.467. The first-order chi connectivity index (χ1) is 15.2. The number of aryl methyl sites for hydroxylation is 1. The van der Waals surface area contributed by atoms with Gasteiger partial charge in [0, 0.05) is 17.4 Å². The van der Waals surface area contributed by atoms with Gasteiger partial charge in [-0.05, 0) is 74.9 Å². The van der Waals surface area contributed by atoms with Crippen LogP contribution in [0, 0.1) is 26.6 Å². The Labute approximate surface area is 184 Å². The zero-order valence-corrected chi connectivity index (χ0v) is 18.4. The van der Waals surface area contributed by atoms with E-state index in [-0.39, 0.29) is 10.8 Å². The maximum absolute atomic E-state index is 13.3. The summed E-state index contributed by atoms with van der Waals surface area (Å²) in [7, 11) is -3.91. The highest BCUT2D eigenvalue weighted by atomic mass is 32.2. The molecule has 1 N–H and O–H groups in total. The van der Waals surface area contributed by atoms with Crippen LogP contribution in [0.3, 0.4) is 0 Å². The predicted molar refractivity (Wildman–Crippen MR) is 117 cm³/mol. The van der Waals surface area contributed by atoms with Crippen molar-refractivity contribution in [3.63, 3.8) is 0 Å². The van der Waals surface area contributed by atoms with Crippen LogP contribution in [0.4, 0.5) is 10.1 Å². The number of hydrogen-bond donors (Lipinski definition) is 1. The van der Waals surface area contributed by atoms with Crippen LogP contribution in [0.5, 0.6) is 11.6 Å². The van der Waals surface area contributed by atoms with Gasteiger partial charge in [0.25, 0.3) is 10.0 Å². The number of nitrogens with one attached hydrogen (secondary N) is 1. The summed E-state index contributed by atoms with van der Waals surface area (Å²) in [6, 6.07) is 14.5. The Hall–Kier alpha value is -3.79. The van der Waals surface area contributed by atoms with E-state index in [9.17, 15) is 12.8 Å². The second kappa shape index (κ2) is 8.39. The first kappa shape index (κ1) is 21.4. The van der Waals surface area contributed by atoms with Gasteiger partial charge in [0.05, 0.1) is 10.6 Å². The average molecular weight is 453 g/mol. The summed E-state index contributed by atoms with van der Waals surface area (Å²) in [5, 5.41) is 12.7. The summed E-state index contributed by atoms with van der Waals surface area (Å²) in [6.45, 7) is 5.90. The molecule has 2 aromatic heterocycles. The molecule has 10 heteroatoms. The third kappa shape index (κ3) is 4.45. The first-order valence-corrected chi connectivity index (χ1v) is 11.1. The van der Waals surface area contributed by atoms with Gasteiger partial charge in [-0.2, -0.15) is 5.10 Å². The fraction of sp³-hybridized carbons (Fsp3) is 0.136.